The average Bonchev–Trinajstić information content (AvgIpc) is 2.67. The molecule has 2 aromatic rings. The van der Waals surface area contributed by atoms with Gasteiger partial charge in [0.2, 0.25) is 0 Å². The summed E-state index contributed by atoms with van der Waals surface area (Å²) >= 11 is 0. The maximum atomic E-state index is 13.6. The molecule has 1 aromatic heterocycles. The van der Waals surface area contributed by atoms with Gasteiger partial charge in [-0.3, -0.25) is 9.59 Å². The molecular weight excluding hydrogens is 407 g/mol. The number of rotatable bonds is 10. The standard InChI is InChI=1S/C19H22F3N3O5/c1-12(11-30-8-7-16(26)27)24-15-9-23-25(18(28)17(15)19(20,21)22)10-13-3-5-14(29-2)6-4-13/h3-6,9,12,24H,7-8,10-11H2,1-2H3,(H,26,27). The molecule has 0 aliphatic rings. The molecule has 8 nitrogen and oxygen atoms in total. The first-order chi connectivity index (χ1) is 14.1. The van der Waals surface area contributed by atoms with Gasteiger partial charge in [-0.15, -0.1) is 0 Å². The Morgan fingerprint density at radius 1 is 1.30 bits per heavy atom. The highest BCUT2D eigenvalue weighted by Gasteiger charge is 2.38. The number of halogens is 3. The van der Waals surface area contributed by atoms with E-state index in [2.05, 4.69) is 10.4 Å². The van der Waals surface area contributed by atoms with Crippen molar-refractivity contribution < 1.29 is 32.5 Å². The third-order valence-electron chi connectivity index (χ3n) is 4.05. The number of nitrogens with one attached hydrogen (secondary N) is 1. The van der Waals surface area contributed by atoms with Crippen molar-refractivity contribution in [2.24, 2.45) is 0 Å². The van der Waals surface area contributed by atoms with Crippen LogP contribution in [0.4, 0.5) is 18.9 Å². The Kier molecular flexibility index (Phi) is 7.81. The predicted molar refractivity (Wildman–Crippen MR) is 102 cm³/mol. The maximum absolute atomic E-state index is 13.6. The van der Waals surface area contributed by atoms with Gasteiger partial charge in [0.1, 0.15) is 11.3 Å². The lowest BCUT2D eigenvalue weighted by Crippen LogP contribution is -2.34. The molecule has 0 saturated heterocycles. The Hall–Kier alpha value is -3.08. The number of carbonyl (C=O) groups is 1. The zero-order valence-electron chi connectivity index (χ0n) is 16.4. The van der Waals surface area contributed by atoms with Gasteiger partial charge in [0.05, 0.1) is 45.2 Å². The maximum Gasteiger partial charge on any atom is 0.423 e. The van der Waals surface area contributed by atoms with E-state index in [0.29, 0.717) is 11.3 Å². The number of alkyl halides is 3. The first-order valence-electron chi connectivity index (χ1n) is 8.98. The molecule has 1 aromatic carbocycles. The number of hydrogen-bond acceptors (Lipinski definition) is 6. The SMILES string of the molecule is COc1ccc(Cn2ncc(NC(C)COCCC(=O)O)c(C(F)(F)F)c2=O)cc1. The fraction of sp³-hybridized carbons (Fsp3) is 0.421. The van der Waals surface area contributed by atoms with Crippen LogP contribution in [0.3, 0.4) is 0 Å². The smallest absolute Gasteiger partial charge is 0.423 e. The zero-order valence-corrected chi connectivity index (χ0v) is 16.4. The third kappa shape index (κ3) is 6.48. The normalized spacial score (nSPS) is 12.4. The molecule has 2 rings (SSSR count). The monoisotopic (exact) mass is 429 g/mol. The number of benzene rings is 1. The predicted octanol–water partition coefficient (Wildman–Crippen LogP) is 2.61. The minimum atomic E-state index is -4.89. The highest BCUT2D eigenvalue weighted by molar-refractivity contribution is 5.66. The number of aliphatic carboxylic acids is 1. The molecule has 164 valence electrons. The van der Waals surface area contributed by atoms with Crippen LogP contribution in [0, 0.1) is 0 Å². The third-order valence-corrected chi connectivity index (χ3v) is 4.05. The van der Waals surface area contributed by atoms with E-state index in [9.17, 15) is 22.8 Å². The fourth-order valence-corrected chi connectivity index (χ4v) is 2.62. The van der Waals surface area contributed by atoms with Gasteiger partial charge in [-0.2, -0.15) is 18.3 Å². The number of carboxylic acid groups (broad SMARTS) is 1. The van der Waals surface area contributed by atoms with Crippen molar-refractivity contribution in [1.82, 2.24) is 9.78 Å². The van der Waals surface area contributed by atoms with Gasteiger partial charge in [0.25, 0.3) is 5.56 Å². The van der Waals surface area contributed by atoms with E-state index in [1.165, 1.54) is 7.11 Å². The molecule has 0 amide bonds. The first kappa shape index (κ1) is 23.2. The summed E-state index contributed by atoms with van der Waals surface area (Å²) in [5, 5.41) is 15.0. The molecule has 0 saturated carbocycles. The Labute approximate surface area is 170 Å². The van der Waals surface area contributed by atoms with E-state index in [1.54, 1.807) is 31.2 Å². The molecule has 0 radical (unpaired) electrons. The Morgan fingerprint density at radius 2 is 1.97 bits per heavy atom. The van der Waals surface area contributed by atoms with E-state index in [0.717, 1.165) is 10.9 Å². The van der Waals surface area contributed by atoms with Crippen LogP contribution < -0.4 is 15.6 Å². The molecule has 1 heterocycles. The van der Waals surface area contributed by atoms with Crippen molar-refractivity contribution >= 4 is 11.7 Å². The van der Waals surface area contributed by atoms with Gasteiger partial charge in [-0.25, -0.2) is 4.68 Å². The highest BCUT2D eigenvalue weighted by Crippen LogP contribution is 2.32. The number of aromatic nitrogens is 2. The summed E-state index contributed by atoms with van der Waals surface area (Å²) in [6.45, 7) is 1.29. The summed E-state index contributed by atoms with van der Waals surface area (Å²) in [6, 6.07) is 5.91. The van der Waals surface area contributed by atoms with Gasteiger partial charge >= 0.3 is 12.1 Å². The van der Waals surface area contributed by atoms with E-state index >= 15 is 0 Å². The summed E-state index contributed by atoms with van der Waals surface area (Å²) in [4.78, 5) is 23.0. The van der Waals surface area contributed by atoms with E-state index in [4.69, 9.17) is 14.6 Å². The first-order valence-corrected chi connectivity index (χ1v) is 8.98. The largest absolute Gasteiger partial charge is 0.497 e. The summed E-state index contributed by atoms with van der Waals surface area (Å²) in [5.41, 5.74) is -2.52. The van der Waals surface area contributed by atoms with Crippen LogP contribution in [-0.4, -0.2) is 47.2 Å². The number of ether oxygens (including phenoxy) is 2. The highest BCUT2D eigenvalue weighted by atomic mass is 19.4. The van der Waals surface area contributed by atoms with Crippen molar-refractivity contribution in [1.29, 1.82) is 0 Å². The molecule has 0 spiro atoms. The lowest BCUT2D eigenvalue weighted by molar-refractivity contribution is -0.139. The molecular formula is C19H22F3N3O5. The van der Waals surface area contributed by atoms with Crippen LogP contribution in [0.1, 0.15) is 24.5 Å². The second-order valence-corrected chi connectivity index (χ2v) is 6.51. The minimum absolute atomic E-state index is 0.0422. The van der Waals surface area contributed by atoms with Crippen LogP contribution in [0.5, 0.6) is 5.75 Å². The second kappa shape index (κ2) is 10.1. The van der Waals surface area contributed by atoms with Crippen LogP contribution in [-0.2, 0) is 22.3 Å². The van der Waals surface area contributed by atoms with Crippen LogP contribution in [0.15, 0.2) is 35.3 Å². The van der Waals surface area contributed by atoms with Crippen LogP contribution in [0.2, 0.25) is 0 Å². The Morgan fingerprint density at radius 3 is 2.53 bits per heavy atom. The summed E-state index contributed by atoms with van der Waals surface area (Å²) < 4.78 is 51.6. The Bertz CT molecular complexity index is 913. The lowest BCUT2D eigenvalue weighted by atomic mass is 10.2. The van der Waals surface area contributed by atoms with Gasteiger partial charge < -0.3 is 19.9 Å². The van der Waals surface area contributed by atoms with Crippen molar-refractivity contribution in [3.8, 4) is 5.75 Å². The molecule has 1 atom stereocenters. The summed E-state index contributed by atoms with van der Waals surface area (Å²) in [5.74, 6) is -0.464. The summed E-state index contributed by atoms with van der Waals surface area (Å²) in [7, 11) is 1.49. The summed E-state index contributed by atoms with van der Waals surface area (Å²) in [6.07, 6.45) is -4.17. The minimum Gasteiger partial charge on any atom is -0.497 e. The van der Waals surface area contributed by atoms with Gasteiger partial charge in [0.15, 0.2) is 0 Å². The van der Waals surface area contributed by atoms with Crippen molar-refractivity contribution in [2.45, 2.75) is 32.1 Å². The molecule has 1 unspecified atom stereocenters. The number of hydrogen-bond donors (Lipinski definition) is 2. The quantitative estimate of drug-likeness (QED) is 0.560. The van der Waals surface area contributed by atoms with E-state index in [1.807, 2.05) is 0 Å². The Balaban J connectivity index is 2.20. The van der Waals surface area contributed by atoms with E-state index < -0.39 is 35.0 Å². The van der Waals surface area contributed by atoms with E-state index in [-0.39, 0.29) is 26.2 Å². The molecule has 30 heavy (non-hydrogen) atoms. The lowest BCUT2D eigenvalue weighted by Gasteiger charge is -2.19. The molecule has 0 fully saturated rings. The van der Waals surface area contributed by atoms with Gasteiger partial charge in [-0.1, -0.05) is 12.1 Å². The second-order valence-electron chi connectivity index (χ2n) is 6.51. The van der Waals surface area contributed by atoms with Crippen LogP contribution >= 0.6 is 0 Å². The number of anilines is 1. The number of methoxy groups -OCH3 is 1. The van der Waals surface area contributed by atoms with Crippen LogP contribution in [0.25, 0.3) is 0 Å². The van der Waals surface area contributed by atoms with Gasteiger partial charge in [-0.05, 0) is 24.6 Å². The molecule has 0 aliphatic heterocycles. The molecule has 0 bridgehead atoms. The van der Waals surface area contributed by atoms with Crippen molar-refractivity contribution in [3.05, 3.63) is 51.9 Å². The molecule has 0 aliphatic carbocycles. The number of carboxylic acids is 1. The molecule has 11 heteroatoms. The molecule has 2 N–H and O–H groups in total. The van der Waals surface area contributed by atoms with Crippen molar-refractivity contribution in [3.63, 3.8) is 0 Å². The number of nitrogens with zero attached hydrogens (tertiary/aromatic N) is 2. The van der Waals surface area contributed by atoms with Gasteiger partial charge in [0, 0.05) is 6.04 Å². The topological polar surface area (TPSA) is 103 Å². The van der Waals surface area contributed by atoms with Crippen molar-refractivity contribution in [2.75, 3.05) is 25.6 Å². The average molecular weight is 429 g/mol. The fourth-order valence-electron chi connectivity index (χ4n) is 2.62. The zero-order chi connectivity index (χ0) is 22.3.